The molecule has 0 saturated heterocycles. The standard InChI is InChI=1S/C17H26BrClN2/c1-12-5-3-4-6-17(12)21(2)10-9-16(20)14-8-7-13(18)11-15(14)19/h7-8,11-12,16-17H,3-6,9-10,20H2,1-2H3. The van der Waals surface area contributed by atoms with Gasteiger partial charge in [0, 0.05) is 21.6 Å². The molecule has 118 valence electrons. The topological polar surface area (TPSA) is 29.3 Å². The number of halogens is 2. The molecule has 3 unspecified atom stereocenters. The Balaban J connectivity index is 1.89. The number of hydrogen-bond acceptors (Lipinski definition) is 2. The molecular formula is C17H26BrClN2. The van der Waals surface area contributed by atoms with E-state index < -0.39 is 0 Å². The molecule has 0 spiro atoms. The Labute approximate surface area is 142 Å². The molecule has 3 atom stereocenters. The molecule has 1 aliphatic carbocycles. The van der Waals surface area contributed by atoms with Gasteiger partial charge in [0.25, 0.3) is 0 Å². The Hall–Kier alpha value is -0.0900. The highest BCUT2D eigenvalue weighted by molar-refractivity contribution is 9.10. The highest BCUT2D eigenvalue weighted by Gasteiger charge is 2.25. The van der Waals surface area contributed by atoms with Gasteiger partial charge in [-0.15, -0.1) is 0 Å². The van der Waals surface area contributed by atoms with E-state index in [9.17, 15) is 0 Å². The second kappa shape index (κ2) is 7.96. The van der Waals surface area contributed by atoms with Crippen LogP contribution in [-0.4, -0.2) is 24.5 Å². The summed E-state index contributed by atoms with van der Waals surface area (Å²) in [6.07, 6.45) is 6.38. The van der Waals surface area contributed by atoms with Crippen molar-refractivity contribution in [2.45, 2.75) is 51.1 Å². The van der Waals surface area contributed by atoms with Crippen LogP contribution in [0.2, 0.25) is 5.02 Å². The fourth-order valence-electron chi connectivity index (χ4n) is 3.42. The molecule has 0 amide bonds. The fourth-order valence-corrected chi connectivity index (χ4v) is 4.23. The van der Waals surface area contributed by atoms with E-state index in [1.807, 2.05) is 18.2 Å². The number of nitrogens with two attached hydrogens (primary N) is 1. The Morgan fingerprint density at radius 3 is 2.76 bits per heavy atom. The normalized spacial score (nSPS) is 24.3. The average Bonchev–Trinajstić information content (AvgIpc) is 2.45. The molecule has 0 radical (unpaired) electrons. The first-order valence-corrected chi connectivity index (χ1v) is 9.07. The van der Waals surface area contributed by atoms with Crippen molar-refractivity contribution in [2.24, 2.45) is 11.7 Å². The summed E-state index contributed by atoms with van der Waals surface area (Å²) in [5.74, 6) is 0.802. The van der Waals surface area contributed by atoms with Gasteiger partial charge in [0.1, 0.15) is 0 Å². The van der Waals surface area contributed by atoms with Gasteiger partial charge in [0.05, 0.1) is 0 Å². The van der Waals surface area contributed by atoms with Crippen LogP contribution in [0.3, 0.4) is 0 Å². The zero-order valence-electron chi connectivity index (χ0n) is 13.0. The molecule has 0 heterocycles. The summed E-state index contributed by atoms with van der Waals surface area (Å²) in [7, 11) is 2.24. The zero-order chi connectivity index (χ0) is 15.4. The van der Waals surface area contributed by atoms with Crippen molar-refractivity contribution < 1.29 is 0 Å². The van der Waals surface area contributed by atoms with Gasteiger partial charge in [-0.05, 0) is 56.5 Å². The Kier molecular flexibility index (Phi) is 6.54. The number of hydrogen-bond donors (Lipinski definition) is 1. The van der Waals surface area contributed by atoms with Crippen LogP contribution in [0.15, 0.2) is 22.7 Å². The molecule has 1 aromatic rings. The molecule has 0 aliphatic heterocycles. The molecule has 1 aromatic carbocycles. The SMILES string of the molecule is CC1CCCCC1N(C)CCC(N)c1ccc(Br)cc1Cl. The Morgan fingerprint density at radius 2 is 2.10 bits per heavy atom. The van der Waals surface area contributed by atoms with E-state index in [4.69, 9.17) is 17.3 Å². The predicted octanol–water partition coefficient (Wildman–Crippen LogP) is 5.00. The number of benzene rings is 1. The van der Waals surface area contributed by atoms with Crippen LogP contribution in [0.4, 0.5) is 0 Å². The molecule has 2 nitrogen and oxygen atoms in total. The summed E-state index contributed by atoms with van der Waals surface area (Å²) < 4.78 is 0.997. The lowest BCUT2D eigenvalue weighted by atomic mass is 9.85. The molecule has 1 saturated carbocycles. The van der Waals surface area contributed by atoms with Crippen molar-refractivity contribution in [1.29, 1.82) is 0 Å². The van der Waals surface area contributed by atoms with Crippen molar-refractivity contribution in [3.63, 3.8) is 0 Å². The maximum Gasteiger partial charge on any atom is 0.0464 e. The van der Waals surface area contributed by atoms with Gasteiger partial charge < -0.3 is 10.6 Å². The van der Waals surface area contributed by atoms with Crippen LogP contribution in [0.5, 0.6) is 0 Å². The number of nitrogens with zero attached hydrogens (tertiary/aromatic N) is 1. The van der Waals surface area contributed by atoms with Gasteiger partial charge in [-0.1, -0.05) is 53.4 Å². The second-order valence-electron chi connectivity index (χ2n) is 6.37. The van der Waals surface area contributed by atoms with Gasteiger partial charge >= 0.3 is 0 Å². The van der Waals surface area contributed by atoms with Gasteiger partial charge in [-0.3, -0.25) is 0 Å². The Bertz CT molecular complexity index is 466. The zero-order valence-corrected chi connectivity index (χ0v) is 15.3. The van der Waals surface area contributed by atoms with Gasteiger partial charge in [0.2, 0.25) is 0 Å². The largest absolute Gasteiger partial charge is 0.324 e. The van der Waals surface area contributed by atoms with E-state index in [1.54, 1.807) is 0 Å². The minimum atomic E-state index is 0.00643. The molecule has 1 fully saturated rings. The lowest BCUT2D eigenvalue weighted by Crippen LogP contribution is -2.40. The Morgan fingerprint density at radius 1 is 1.38 bits per heavy atom. The smallest absolute Gasteiger partial charge is 0.0464 e. The van der Waals surface area contributed by atoms with Crippen molar-refractivity contribution >= 4 is 27.5 Å². The monoisotopic (exact) mass is 372 g/mol. The van der Waals surface area contributed by atoms with E-state index in [1.165, 1.54) is 25.7 Å². The van der Waals surface area contributed by atoms with Crippen molar-refractivity contribution in [2.75, 3.05) is 13.6 Å². The van der Waals surface area contributed by atoms with Crippen LogP contribution in [0.1, 0.15) is 50.6 Å². The van der Waals surface area contributed by atoms with Crippen molar-refractivity contribution in [1.82, 2.24) is 4.90 Å². The summed E-state index contributed by atoms with van der Waals surface area (Å²) >= 11 is 9.72. The molecule has 1 aliphatic rings. The summed E-state index contributed by atoms with van der Waals surface area (Å²) in [4.78, 5) is 2.50. The summed E-state index contributed by atoms with van der Waals surface area (Å²) in [5.41, 5.74) is 7.38. The summed E-state index contributed by atoms with van der Waals surface area (Å²) in [6, 6.07) is 6.68. The third-order valence-electron chi connectivity index (χ3n) is 4.79. The van der Waals surface area contributed by atoms with Crippen molar-refractivity contribution in [3.05, 3.63) is 33.3 Å². The van der Waals surface area contributed by atoms with Crippen LogP contribution in [-0.2, 0) is 0 Å². The predicted molar refractivity (Wildman–Crippen MR) is 94.7 cm³/mol. The van der Waals surface area contributed by atoms with Crippen molar-refractivity contribution in [3.8, 4) is 0 Å². The first-order chi connectivity index (χ1) is 9.99. The lowest BCUT2D eigenvalue weighted by Gasteiger charge is -2.36. The van der Waals surface area contributed by atoms with E-state index in [2.05, 4.69) is 34.8 Å². The van der Waals surface area contributed by atoms with Crippen LogP contribution >= 0.6 is 27.5 Å². The van der Waals surface area contributed by atoms with Gasteiger partial charge in [-0.25, -0.2) is 0 Å². The first kappa shape index (κ1) is 17.3. The number of rotatable bonds is 5. The lowest BCUT2D eigenvalue weighted by molar-refractivity contribution is 0.136. The van der Waals surface area contributed by atoms with Crippen LogP contribution in [0, 0.1) is 5.92 Å². The third-order valence-corrected chi connectivity index (χ3v) is 5.61. The van der Waals surface area contributed by atoms with E-state index >= 15 is 0 Å². The summed E-state index contributed by atoms with van der Waals surface area (Å²) in [5, 5.41) is 0.755. The highest BCUT2D eigenvalue weighted by Crippen LogP contribution is 2.29. The van der Waals surface area contributed by atoms with Gasteiger partial charge in [-0.2, -0.15) is 0 Å². The molecule has 2 rings (SSSR count). The average molecular weight is 374 g/mol. The maximum absolute atomic E-state index is 6.33. The molecular weight excluding hydrogens is 348 g/mol. The van der Waals surface area contributed by atoms with E-state index in [0.29, 0.717) is 6.04 Å². The maximum atomic E-state index is 6.33. The highest BCUT2D eigenvalue weighted by atomic mass is 79.9. The minimum Gasteiger partial charge on any atom is -0.324 e. The van der Waals surface area contributed by atoms with Gasteiger partial charge in [0.15, 0.2) is 0 Å². The van der Waals surface area contributed by atoms with Crippen LogP contribution < -0.4 is 5.73 Å². The van der Waals surface area contributed by atoms with Crippen LogP contribution in [0.25, 0.3) is 0 Å². The third kappa shape index (κ3) is 4.69. The second-order valence-corrected chi connectivity index (χ2v) is 7.69. The quantitative estimate of drug-likeness (QED) is 0.786. The molecule has 4 heteroatoms. The molecule has 0 bridgehead atoms. The minimum absolute atomic E-state index is 0.00643. The molecule has 0 aromatic heterocycles. The molecule has 2 N–H and O–H groups in total. The molecule has 21 heavy (non-hydrogen) atoms. The van der Waals surface area contributed by atoms with E-state index in [-0.39, 0.29) is 6.04 Å². The fraction of sp³-hybridized carbons (Fsp3) is 0.647. The summed E-state index contributed by atoms with van der Waals surface area (Å²) in [6.45, 7) is 3.41. The van der Waals surface area contributed by atoms with E-state index in [0.717, 1.165) is 33.9 Å². The first-order valence-electron chi connectivity index (χ1n) is 7.90.